The third kappa shape index (κ3) is 3.19. The smallest absolute Gasteiger partial charge is 0.319 e. The van der Waals surface area contributed by atoms with Crippen LogP contribution in [-0.4, -0.2) is 61.0 Å². The lowest BCUT2D eigenvalue weighted by Crippen LogP contribution is -2.51. The van der Waals surface area contributed by atoms with Gasteiger partial charge in [0.05, 0.1) is 13.2 Å². The Morgan fingerprint density at radius 1 is 1.10 bits per heavy atom. The second kappa shape index (κ2) is 6.13. The van der Waals surface area contributed by atoms with E-state index in [1.165, 1.54) is 0 Å². The molecule has 2 heterocycles. The fourth-order valence-corrected chi connectivity index (χ4v) is 3.79. The molecular formula is C16H28N2O3. The molecule has 21 heavy (non-hydrogen) atoms. The lowest BCUT2D eigenvalue weighted by molar-refractivity contribution is -0.182. The Kier molecular flexibility index (Phi) is 4.41. The maximum absolute atomic E-state index is 12.6. The molecule has 0 aromatic carbocycles. The lowest BCUT2D eigenvalue weighted by atomic mass is 9.89. The zero-order valence-electron chi connectivity index (χ0n) is 13.3. The first-order chi connectivity index (χ1) is 10.1. The van der Waals surface area contributed by atoms with E-state index in [1.54, 1.807) is 0 Å². The number of hydrogen-bond acceptors (Lipinski definition) is 3. The van der Waals surface area contributed by atoms with Gasteiger partial charge in [-0.05, 0) is 31.6 Å². The van der Waals surface area contributed by atoms with E-state index in [2.05, 4.69) is 6.92 Å². The molecule has 5 nitrogen and oxygen atoms in total. The molecule has 0 atom stereocenters. The quantitative estimate of drug-likeness (QED) is 0.746. The van der Waals surface area contributed by atoms with Crippen LogP contribution in [0.15, 0.2) is 0 Å². The molecule has 2 aliphatic heterocycles. The summed E-state index contributed by atoms with van der Waals surface area (Å²) >= 11 is 0. The summed E-state index contributed by atoms with van der Waals surface area (Å²) in [5.74, 6) is 0.423. The van der Waals surface area contributed by atoms with Gasteiger partial charge < -0.3 is 19.3 Å². The van der Waals surface area contributed by atoms with Gasteiger partial charge in [-0.25, -0.2) is 4.79 Å². The monoisotopic (exact) mass is 296 g/mol. The zero-order chi connectivity index (χ0) is 14.9. The molecule has 120 valence electrons. The Balaban J connectivity index is 1.51. The Hall–Kier alpha value is -0.810. The Morgan fingerprint density at radius 3 is 2.24 bits per heavy atom. The summed E-state index contributed by atoms with van der Waals surface area (Å²) in [5.41, 5.74) is 0. The molecule has 1 aliphatic carbocycles. The molecule has 1 saturated carbocycles. The summed E-state index contributed by atoms with van der Waals surface area (Å²) in [7, 11) is 1.96. The van der Waals surface area contributed by atoms with E-state index in [1.807, 2.05) is 16.8 Å². The van der Waals surface area contributed by atoms with Crippen molar-refractivity contribution in [3.05, 3.63) is 0 Å². The van der Waals surface area contributed by atoms with Crippen LogP contribution in [0.25, 0.3) is 0 Å². The summed E-state index contributed by atoms with van der Waals surface area (Å²) in [4.78, 5) is 16.6. The first kappa shape index (κ1) is 15.1. The summed E-state index contributed by atoms with van der Waals surface area (Å²) in [5, 5.41) is 0. The third-order valence-electron chi connectivity index (χ3n) is 5.43. The van der Waals surface area contributed by atoms with Gasteiger partial charge in [-0.2, -0.15) is 0 Å². The van der Waals surface area contributed by atoms with Crippen molar-refractivity contribution < 1.29 is 14.3 Å². The molecule has 0 N–H and O–H groups in total. The molecule has 5 heteroatoms. The number of ether oxygens (including phenoxy) is 2. The summed E-state index contributed by atoms with van der Waals surface area (Å²) in [6.45, 7) is 5.52. The number of hydrogen-bond donors (Lipinski definition) is 0. The van der Waals surface area contributed by atoms with E-state index in [-0.39, 0.29) is 11.8 Å². The highest BCUT2D eigenvalue weighted by atomic mass is 16.7. The van der Waals surface area contributed by atoms with Crippen LogP contribution in [-0.2, 0) is 9.47 Å². The van der Waals surface area contributed by atoms with Crippen LogP contribution < -0.4 is 0 Å². The van der Waals surface area contributed by atoms with E-state index >= 15 is 0 Å². The van der Waals surface area contributed by atoms with Gasteiger partial charge in [-0.15, -0.1) is 0 Å². The van der Waals surface area contributed by atoms with Crippen molar-refractivity contribution in [1.29, 1.82) is 0 Å². The van der Waals surface area contributed by atoms with E-state index < -0.39 is 0 Å². The van der Waals surface area contributed by atoms with Crippen molar-refractivity contribution in [1.82, 2.24) is 9.80 Å². The van der Waals surface area contributed by atoms with Gasteiger partial charge in [-0.3, -0.25) is 0 Å². The Morgan fingerprint density at radius 2 is 1.67 bits per heavy atom. The van der Waals surface area contributed by atoms with Gasteiger partial charge in [0.25, 0.3) is 0 Å². The maximum atomic E-state index is 12.6. The van der Waals surface area contributed by atoms with Crippen molar-refractivity contribution in [3.8, 4) is 0 Å². The van der Waals surface area contributed by atoms with Gasteiger partial charge in [-0.1, -0.05) is 6.92 Å². The van der Waals surface area contributed by atoms with Crippen LogP contribution in [0.1, 0.15) is 45.4 Å². The predicted molar refractivity (Wildman–Crippen MR) is 80.0 cm³/mol. The molecule has 3 rings (SSSR count). The number of carbonyl (C=O) groups is 1. The highest BCUT2D eigenvalue weighted by Gasteiger charge is 2.42. The van der Waals surface area contributed by atoms with Gasteiger partial charge in [0, 0.05) is 39.0 Å². The SMILES string of the molecule is CC1CCN(C(=O)N(C)C2CCC3(CC2)OCCO3)CC1. The van der Waals surface area contributed by atoms with Crippen molar-refractivity contribution in [3.63, 3.8) is 0 Å². The predicted octanol–water partition coefficient (Wildman–Crippen LogP) is 2.46. The number of likely N-dealkylation sites (tertiary alicyclic amines) is 1. The van der Waals surface area contributed by atoms with Crippen LogP contribution in [0.4, 0.5) is 4.79 Å². The van der Waals surface area contributed by atoms with Gasteiger partial charge in [0.1, 0.15) is 0 Å². The van der Waals surface area contributed by atoms with Crippen molar-refractivity contribution in [2.75, 3.05) is 33.4 Å². The van der Waals surface area contributed by atoms with Crippen LogP contribution in [0.3, 0.4) is 0 Å². The average molecular weight is 296 g/mol. The summed E-state index contributed by atoms with van der Waals surface area (Å²) < 4.78 is 11.5. The standard InChI is InChI=1S/C16H28N2O3/c1-13-5-9-18(10-6-13)15(19)17(2)14-3-7-16(8-4-14)20-11-12-21-16/h13-14H,3-12H2,1-2H3. The van der Waals surface area contributed by atoms with E-state index in [0.29, 0.717) is 19.3 Å². The summed E-state index contributed by atoms with van der Waals surface area (Å²) in [6.07, 6.45) is 6.04. The highest BCUT2D eigenvalue weighted by Crippen LogP contribution is 2.37. The third-order valence-corrected chi connectivity index (χ3v) is 5.43. The van der Waals surface area contributed by atoms with Crippen LogP contribution >= 0.6 is 0 Å². The molecule has 3 aliphatic rings. The number of rotatable bonds is 1. The Bertz CT molecular complexity index is 364. The molecule has 0 unspecified atom stereocenters. The van der Waals surface area contributed by atoms with Crippen LogP contribution in [0.5, 0.6) is 0 Å². The number of piperidine rings is 1. The maximum Gasteiger partial charge on any atom is 0.319 e. The Labute approximate surface area is 127 Å². The molecule has 3 fully saturated rings. The second-order valence-corrected chi connectivity index (χ2v) is 6.90. The minimum atomic E-state index is -0.332. The van der Waals surface area contributed by atoms with Gasteiger partial charge >= 0.3 is 6.03 Å². The van der Waals surface area contributed by atoms with Gasteiger partial charge in [0.15, 0.2) is 5.79 Å². The topological polar surface area (TPSA) is 42.0 Å². The van der Waals surface area contributed by atoms with E-state index in [9.17, 15) is 4.79 Å². The average Bonchev–Trinajstić information content (AvgIpc) is 2.96. The van der Waals surface area contributed by atoms with Crippen molar-refractivity contribution in [2.24, 2.45) is 5.92 Å². The molecule has 0 radical (unpaired) electrons. The van der Waals surface area contributed by atoms with E-state index in [4.69, 9.17) is 9.47 Å². The fraction of sp³-hybridized carbons (Fsp3) is 0.938. The molecule has 0 aromatic heterocycles. The van der Waals surface area contributed by atoms with E-state index in [0.717, 1.165) is 57.5 Å². The first-order valence-corrected chi connectivity index (χ1v) is 8.39. The van der Waals surface area contributed by atoms with Crippen LogP contribution in [0, 0.1) is 5.92 Å². The van der Waals surface area contributed by atoms with Crippen LogP contribution in [0.2, 0.25) is 0 Å². The molecule has 1 spiro atoms. The molecule has 2 amide bonds. The number of amides is 2. The van der Waals surface area contributed by atoms with Gasteiger partial charge in [0.2, 0.25) is 0 Å². The first-order valence-electron chi connectivity index (χ1n) is 8.39. The minimum Gasteiger partial charge on any atom is -0.348 e. The normalized spacial score (nSPS) is 27.2. The molecule has 0 aromatic rings. The molecule has 2 saturated heterocycles. The summed E-state index contributed by atoms with van der Waals surface area (Å²) in [6, 6.07) is 0.534. The number of nitrogens with zero attached hydrogens (tertiary/aromatic N) is 2. The number of carbonyl (C=O) groups excluding carboxylic acids is 1. The molecule has 0 bridgehead atoms. The number of urea groups is 1. The second-order valence-electron chi connectivity index (χ2n) is 6.90. The van der Waals surface area contributed by atoms with Crippen molar-refractivity contribution in [2.45, 2.75) is 57.3 Å². The largest absolute Gasteiger partial charge is 0.348 e. The fourth-order valence-electron chi connectivity index (χ4n) is 3.79. The minimum absolute atomic E-state index is 0.205. The lowest BCUT2D eigenvalue weighted by Gasteiger charge is -2.41. The van der Waals surface area contributed by atoms with Crippen molar-refractivity contribution >= 4 is 6.03 Å². The molecular weight excluding hydrogens is 268 g/mol. The highest BCUT2D eigenvalue weighted by molar-refractivity contribution is 5.74. The zero-order valence-corrected chi connectivity index (χ0v) is 13.3.